The lowest BCUT2D eigenvalue weighted by atomic mass is 10.0. The number of para-hydroxylation sites is 2. The van der Waals surface area contributed by atoms with Gasteiger partial charge in [0.05, 0.1) is 24.6 Å². The molecule has 0 bridgehead atoms. The Morgan fingerprint density at radius 3 is 2.53 bits per heavy atom. The van der Waals surface area contributed by atoms with Crippen molar-refractivity contribution in [2.45, 2.75) is 26.7 Å². The summed E-state index contributed by atoms with van der Waals surface area (Å²) in [6, 6.07) is 8.63. The van der Waals surface area contributed by atoms with Crippen molar-refractivity contribution in [2.75, 3.05) is 43.1 Å². The SMILES string of the molecule is CCC(CC)CNc1ccccc1N1CCOCC1. The zero-order chi connectivity index (χ0) is 13.5. The number of benzene rings is 1. The van der Waals surface area contributed by atoms with Gasteiger partial charge in [-0.3, -0.25) is 0 Å². The molecule has 0 saturated carbocycles. The molecular formula is C16H26N2O. The van der Waals surface area contributed by atoms with E-state index in [9.17, 15) is 0 Å². The second-order valence-corrected chi connectivity index (χ2v) is 5.18. The zero-order valence-corrected chi connectivity index (χ0v) is 12.2. The summed E-state index contributed by atoms with van der Waals surface area (Å²) in [6.07, 6.45) is 2.48. The van der Waals surface area contributed by atoms with Gasteiger partial charge < -0.3 is 15.0 Å². The number of hydrogen-bond donors (Lipinski definition) is 1. The molecule has 0 spiro atoms. The van der Waals surface area contributed by atoms with E-state index in [1.165, 1.54) is 24.2 Å². The molecule has 0 unspecified atom stereocenters. The Hall–Kier alpha value is -1.22. The molecule has 19 heavy (non-hydrogen) atoms. The molecule has 0 radical (unpaired) electrons. The summed E-state index contributed by atoms with van der Waals surface area (Å²) in [6.45, 7) is 9.25. The van der Waals surface area contributed by atoms with Crippen molar-refractivity contribution in [2.24, 2.45) is 5.92 Å². The average molecular weight is 262 g/mol. The van der Waals surface area contributed by atoms with E-state index < -0.39 is 0 Å². The van der Waals surface area contributed by atoms with E-state index in [1.54, 1.807) is 0 Å². The second kappa shape index (κ2) is 7.39. The Kier molecular flexibility index (Phi) is 5.52. The standard InChI is InChI=1S/C16H26N2O/c1-3-14(4-2)13-17-15-7-5-6-8-16(15)18-9-11-19-12-10-18/h5-8,14,17H,3-4,9-13H2,1-2H3. The van der Waals surface area contributed by atoms with Gasteiger partial charge in [-0.25, -0.2) is 0 Å². The molecular weight excluding hydrogens is 236 g/mol. The number of nitrogens with one attached hydrogen (secondary N) is 1. The van der Waals surface area contributed by atoms with Gasteiger partial charge in [-0.15, -0.1) is 0 Å². The van der Waals surface area contributed by atoms with Crippen LogP contribution in [0.3, 0.4) is 0 Å². The Labute approximate surface area is 116 Å². The lowest BCUT2D eigenvalue weighted by molar-refractivity contribution is 0.123. The third-order valence-corrected chi connectivity index (χ3v) is 3.99. The minimum Gasteiger partial charge on any atom is -0.383 e. The molecule has 1 fully saturated rings. The van der Waals surface area contributed by atoms with Crippen molar-refractivity contribution >= 4 is 11.4 Å². The van der Waals surface area contributed by atoms with Gasteiger partial charge in [0.2, 0.25) is 0 Å². The first-order valence-corrected chi connectivity index (χ1v) is 7.50. The molecule has 2 rings (SSSR count). The topological polar surface area (TPSA) is 24.5 Å². The summed E-state index contributed by atoms with van der Waals surface area (Å²) in [5, 5.41) is 3.63. The molecule has 3 heteroatoms. The van der Waals surface area contributed by atoms with Crippen LogP contribution in [0.1, 0.15) is 26.7 Å². The number of hydrogen-bond acceptors (Lipinski definition) is 3. The highest BCUT2D eigenvalue weighted by Crippen LogP contribution is 2.26. The fraction of sp³-hybridized carbons (Fsp3) is 0.625. The highest BCUT2D eigenvalue weighted by Gasteiger charge is 2.14. The van der Waals surface area contributed by atoms with Crippen LogP contribution in [-0.2, 0) is 4.74 Å². The number of morpholine rings is 1. The van der Waals surface area contributed by atoms with Crippen molar-refractivity contribution in [3.63, 3.8) is 0 Å². The number of ether oxygens (including phenoxy) is 1. The van der Waals surface area contributed by atoms with Gasteiger partial charge in [0.15, 0.2) is 0 Å². The van der Waals surface area contributed by atoms with Crippen LogP contribution in [0, 0.1) is 5.92 Å². The van der Waals surface area contributed by atoms with Crippen molar-refractivity contribution in [3.8, 4) is 0 Å². The van der Waals surface area contributed by atoms with Crippen LogP contribution in [0.4, 0.5) is 11.4 Å². The van der Waals surface area contributed by atoms with Crippen LogP contribution in [0.2, 0.25) is 0 Å². The lowest BCUT2D eigenvalue weighted by Gasteiger charge is -2.31. The van der Waals surface area contributed by atoms with E-state index in [0.717, 1.165) is 38.8 Å². The van der Waals surface area contributed by atoms with Crippen LogP contribution in [0.15, 0.2) is 24.3 Å². The van der Waals surface area contributed by atoms with Gasteiger partial charge in [0.25, 0.3) is 0 Å². The number of anilines is 2. The molecule has 0 aromatic heterocycles. The number of rotatable bonds is 6. The maximum absolute atomic E-state index is 5.43. The average Bonchev–Trinajstić information content (AvgIpc) is 2.49. The highest BCUT2D eigenvalue weighted by atomic mass is 16.5. The molecule has 1 heterocycles. The van der Waals surface area contributed by atoms with Gasteiger partial charge in [-0.2, -0.15) is 0 Å². The summed E-state index contributed by atoms with van der Waals surface area (Å²) in [5.74, 6) is 0.762. The molecule has 106 valence electrons. The summed E-state index contributed by atoms with van der Waals surface area (Å²) in [5.41, 5.74) is 2.58. The first-order chi connectivity index (χ1) is 9.35. The van der Waals surface area contributed by atoms with E-state index in [4.69, 9.17) is 4.74 Å². The quantitative estimate of drug-likeness (QED) is 0.850. The maximum atomic E-state index is 5.43. The van der Waals surface area contributed by atoms with Gasteiger partial charge in [0.1, 0.15) is 0 Å². The van der Waals surface area contributed by atoms with Crippen molar-refractivity contribution in [1.29, 1.82) is 0 Å². The predicted octanol–water partition coefficient (Wildman–Crippen LogP) is 3.37. The molecule has 0 amide bonds. The van der Waals surface area contributed by atoms with Crippen LogP contribution >= 0.6 is 0 Å². The van der Waals surface area contributed by atoms with Gasteiger partial charge in [-0.05, 0) is 18.1 Å². The van der Waals surface area contributed by atoms with Gasteiger partial charge in [-0.1, -0.05) is 38.8 Å². The van der Waals surface area contributed by atoms with Crippen molar-refractivity contribution in [1.82, 2.24) is 0 Å². The van der Waals surface area contributed by atoms with Crippen LogP contribution in [0.25, 0.3) is 0 Å². The molecule has 1 N–H and O–H groups in total. The van der Waals surface area contributed by atoms with Gasteiger partial charge in [0, 0.05) is 19.6 Å². The maximum Gasteiger partial charge on any atom is 0.0642 e. The second-order valence-electron chi connectivity index (χ2n) is 5.18. The van der Waals surface area contributed by atoms with Crippen LogP contribution < -0.4 is 10.2 Å². The fourth-order valence-corrected chi connectivity index (χ4v) is 2.53. The van der Waals surface area contributed by atoms with Crippen LogP contribution in [-0.4, -0.2) is 32.8 Å². The molecule has 1 aromatic rings. The molecule has 3 nitrogen and oxygen atoms in total. The molecule has 1 saturated heterocycles. The molecule has 0 aliphatic carbocycles. The van der Waals surface area contributed by atoms with Gasteiger partial charge >= 0.3 is 0 Å². The molecule has 0 atom stereocenters. The molecule has 1 aliphatic rings. The molecule has 1 aromatic carbocycles. The summed E-state index contributed by atoms with van der Waals surface area (Å²) >= 11 is 0. The third kappa shape index (κ3) is 3.87. The van der Waals surface area contributed by atoms with E-state index >= 15 is 0 Å². The highest BCUT2D eigenvalue weighted by molar-refractivity contribution is 5.70. The summed E-state index contributed by atoms with van der Waals surface area (Å²) < 4.78 is 5.43. The summed E-state index contributed by atoms with van der Waals surface area (Å²) in [4.78, 5) is 2.42. The molecule has 1 aliphatic heterocycles. The Morgan fingerprint density at radius 1 is 1.16 bits per heavy atom. The normalized spacial score (nSPS) is 15.8. The largest absolute Gasteiger partial charge is 0.383 e. The van der Waals surface area contributed by atoms with Crippen molar-refractivity contribution in [3.05, 3.63) is 24.3 Å². The minimum absolute atomic E-state index is 0.762. The predicted molar refractivity (Wildman–Crippen MR) is 82.0 cm³/mol. The van der Waals surface area contributed by atoms with E-state index in [-0.39, 0.29) is 0 Å². The van der Waals surface area contributed by atoms with E-state index in [2.05, 4.69) is 48.3 Å². The van der Waals surface area contributed by atoms with E-state index in [1.807, 2.05) is 0 Å². The Balaban J connectivity index is 2.03. The third-order valence-electron chi connectivity index (χ3n) is 3.99. The smallest absolute Gasteiger partial charge is 0.0642 e. The summed E-state index contributed by atoms with van der Waals surface area (Å²) in [7, 11) is 0. The van der Waals surface area contributed by atoms with Crippen molar-refractivity contribution < 1.29 is 4.74 Å². The zero-order valence-electron chi connectivity index (χ0n) is 12.2. The Morgan fingerprint density at radius 2 is 1.84 bits per heavy atom. The Bertz CT molecular complexity index is 371. The fourth-order valence-electron chi connectivity index (χ4n) is 2.53. The minimum atomic E-state index is 0.762. The first-order valence-electron chi connectivity index (χ1n) is 7.50. The monoisotopic (exact) mass is 262 g/mol. The van der Waals surface area contributed by atoms with Crippen LogP contribution in [0.5, 0.6) is 0 Å². The lowest BCUT2D eigenvalue weighted by Crippen LogP contribution is -2.36. The number of nitrogens with zero attached hydrogens (tertiary/aromatic N) is 1. The van der Waals surface area contributed by atoms with E-state index in [0.29, 0.717) is 0 Å². The first kappa shape index (κ1) is 14.2.